The van der Waals surface area contributed by atoms with E-state index in [-0.39, 0.29) is 0 Å². The number of rotatable bonds is 6. The molecule has 3 amide bonds. The van der Waals surface area contributed by atoms with Crippen LogP contribution in [0.4, 0.5) is 4.79 Å². The number of carbonyl (C=O) groups excluding carboxylic acids is 2. The van der Waals surface area contributed by atoms with Crippen LogP contribution < -0.4 is 15.8 Å². The van der Waals surface area contributed by atoms with Gasteiger partial charge in [0.25, 0.3) is 0 Å². The zero-order valence-corrected chi connectivity index (χ0v) is 18.3. The fourth-order valence-corrected chi connectivity index (χ4v) is 3.87. The molecule has 0 unspecified atom stereocenters. The van der Waals surface area contributed by atoms with Crippen LogP contribution in [0, 0.1) is 0 Å². The first kappa shape index (κ1) is 21.9. The molecule has 8 nitrogen and oxygen atoms in total. The van der Waals surface area contributed by atoms with Crippen LogP contribution in [-0.4, -0.2) is 39.1 Å². The van der Waals surface area contributed by atoms with Crippen LogP contribution in [0.15, 0.2) is 47.6 Å². The average Bonchev–Trinajstić information content (AvgIpc) is 3.10. The Morgan fingerprint density at radius 3 is 2.57 bits per heavy atom. The number of nitrogens with zero attached hydrogens (tertiary/aromatic N) is 3. The van der Waals surface area contributed by atoms with Crippen LogP contribution in [0.3, 0.4) is 0 Å². The Hall–Kier alpha value is -2.75. The maximum absolute atomic E-state index is 12.2. The number of primary amides is 1. The normalized spacial score (nSPS) is 11.7. The molecular formula is C19H17Cl2N5O3S. The van der Waals surface area contributed by atoms with Gasteiger partial charge in [0.1, 0.15) is 5.75 Å². The molecule has 156 valence electrons. The third kappa shape index (κ3) is 4.86. The number of nitrogens with two attached hydrogens (primary N) is 1. The van der Waals surface area contributed by atoms with Crippen molar-refractivity contribution in [2.45, 2.75) is 17.3 Å². The van der Waals surface area contributed by atoms with E-state index in [2.05, 4.69) is 15.5 Å². The van der Waals surface area contributed by atoms with Crippen molar-refractivity contribution < 1.29 is 14.3 Å². The standard InChI is InChI=1S/C19H17Cl2N5O3S/c1-10(17(27)23-18(22)28)30-19-25-24-16(11-4-3-5-12(20)8-11)26(19)14-9-13(21)6-7-15(14)29-2/h3-10H,1-2H3,(H3,22,23,27,28)/t10-/m0/s1. The highest BCUT2D eigenvalue weighted by molar-refractivity contribution is 8.00. The van der Waals surface area contributed by atoms with Crippen molar-refractivity contribution >= 4 is 46.9 Å². The zero-order valence-electron chi connectivity index (χ0n) is 15.9. The Morgan fingerprint density at radius 2 is 1.90 bits per heavy atom. The van der Waals surface area contributed by atoms with Gasteiger partial charge in [-0.15, -0.1) is 10.2 Å². The Kier molecular flexibility index (Phi) is 6.86. The number of hydrogen-bond acceptors (Lipinski definition) is 6. The molecule has 1 atom stereocenters. The maximum atomic E-state index is 12.2. The summed E-state index contributed by atoms with van der Waals surface area (Å²) in [6, 6.07) is 11.3. The summed E-state index contributed by atoms with van der Waals surface area (Å²) in [6.07, 6.45) is 0. The second-order valence-electron chi connectivity index (χ2n) is 6.08. The highest BCUT2D eigenvalue weighted by Gasteiger charge is 2.24. The van der Waals surface area contributed by atoms with Crippen molar-refractivity contribution in [2.75, 3.05) is 7.11 Å². The van der Waals surface area contributed by atoms with Gasteiger partial charge in [0.05, 0.1) is 18.0 Å². The van der Waals surface area contributed by atoms with Crippen molar-refractivity contribution in [1.82, 2.24) is 20.1 Å². The number of ether oxygens (including phenoxy) is 1. The third-order valence-corrected chi connectivity index (χ3v) is 5.51. The lowest BCUT2D eigenvalue weighted by atomic mass is 10.2. The van der Waals surface area contributed by atoms with E-state index in [9.17, 15) is 9.59 Å². The number of aromatic nitrogens is 3. The van der Waals surface area contributed by atoms with E-state index in [1.54, 1.807) is 47.9 Å². The second kappa shape index (κ2) is 9.38. The van der Waals surface area contributed by atoms with Crippen molar-refractivity contribution in [3.8, 4) is 22.8 Å². The monoisotopic (exact) mass is 465 g/mol. The number of benzene rings is 2. The molecule has 2 aromatic carbocycles. The van der Waals surface area contributed by atoms with Gasteiger partial charge in [-0.1, -0.05) is 47.1 Å². The van der Waals surface area contributed by atoms with E-state index in [0.29, 0.717) is 38.0 Å². The average molecular weight is 466 g/mol. The molecule has 3 N–H and O–H groups in total. The van der Waals surface area contributed by atoms with Crippen LogP contribution in [0.5, 0.6) is 5.75 Å². The molecule has 1 heterocycles. The number of imide groups is 1. The minimum Gasteiger partial charge on any atom is -0.495 e. The summed E-state index contributed by atoms with van der Waals surface area (Å²) in [5.41, 5.74) is 6.32. The number of methoxy groups -OCH3 is 1. The summed E-state index contributed by atoms with van der Waals surface area (Å²) in [5.74, 6) is 0.450. The van der Waals surface area contributed by atoms with Crippen LogP contribution >= 0.6 is 35.0 Å². The van der Waals surface area contributed by atoms with Crippen LogP contribution in [0.2, 0.25) is 10.0 Å². The summed E-state index contributed by atoms with van der Waals surface area (Å²) >= 11 is 13.5. The third-order valence-electron chi connectivity index (χ3n) is 4.00. The van der Waals surface area contributed by atoms with Crippen molar-refractivity contribution in [2.24, 2.45) is 5.73 Å². The van der Waals surface area contributed by atoms with Gasteiger partial charge in [0.15, 0.2) is 11.0 Å². The zero-order chi connectivity index (χ0) is 21.8. The minimum atomic E-state index is -0.926. The highest BCUT2D eigenvalue weighted by atomic mass is 35.5. The molecule has 0 bridgehead atoms. The molecule has 0 aliphatic rings. The second-order valence-corrected chi connectivity index (χ2v) is 8.26. The van der Waals surface area contributed by atoms with E-state index >= 15 is 0 Å². The Morgan fingerprint density at radius 1 is 1.17 bits per heavy atom. The van der Waals surface area contributed by atoms with Gasteiger partial charge in [-0.05, 0) is 37.3 Å². The van der Waals surface area contributed by atoms with E-state index in [1.165, 1.54) is 7.11 Å². The molecule has 0 radical (unpaired) electrons. The number of amides is 3. The lowest BCUT2D eigenvalue weighted by molar-refractivity contribution is -0.119. The van der Waals surface area contributed by atoms with Crippen molar-refractivity contribution in [3.05, 3.63) is 52.5 Å². The molecule has 0 spiro atoms. The van der Waals surface area contributed by atoms with E-state index in [0.717, 1.165) is 11.8 Å². The molecule has 0 saturated heterocycles. The summed E-state index contributed by atoms with van der Waals surface area (Å²) in [5, 5.41) is 11.3. The Bertz CT molecular complexity index is 1110. The number of urea groups is 1. The first-order chi connectivity index (χ1) is 14.3. The lowest BCUT2D eigenvalue weighted by Gasteiger charge is -2.16. The van der Waals surface area contributed by atoms with Gasteiger partial charge in [-0.25, -0.2) is 4.79 Å². The smallest absolute Gasteiger partial charge is 0.318 e. The molecular weight excluding hydrogens is 449 g/mol. The molecule has 0 aliphatic heterocycles. The Labute approximate surface area is 186 Å². The molecule has 3 rings (SSSR count). The van der Waals surface area contributed by atoms with Gasteiger partial charge >= 0.3 is 6.03 Å². The quantitative estimate of drug-likeness (QED) is 0.533. The molecule has 0 aliphatic carbocycles. The van der Waals surface area contributed by atoms with Gasteiger partial charge in [0.2, 0.25) is 5.91 Å². The molecule has 30 heavy (non-hydrogen) atoms. The topological polar surface area (TPSA) is 112 Å². The Balaban J connectivity index is 2.14. The summed E-state index contributed by atoms with van der Waals surface area (Å²) in [6.45, 7) is 1.62. The van der Waals surface area contributed by atoms with Gasteiger partial charge in [-0.3, -0.25) is 14.7 Å². The SMILES string of the molecule is COc1ccc(Cl)cc1-n1c(S[C@@H](C)C(=O)NC(N)=O)nnc1-c1cccc(Cl)c1. The fourth-order valence-electron chi connectivity index (χ4n) is 2.65. The number of nitrogens with one attached hydrogen (secondary N) is 1. The minimum absolute atomic E-state index is 0.387. The number of carbonyl (C=O) groups is 2. The fraction of sp³-hybridized carbons (Fsp3) is 0.158. The number of hydrogen-bond donors (Lipinski definition) is 2. The van der Waals surface area contributed by atoms with Gasteiger partial charge < -0.3 is 10.5 Å². The first-order valence-corrected chi connectivity index (χ1v) is 10.3. The van der Waals surface area contributed by atoms with E-state index in [4.69, 9.17) is 33.7 Å². The van der Waals surface area contributed by atoms with Crippen molar-refractivity contribution in [3.63, 3.8) is 0 Å². The maximum Gasteiger partial charge on any atom is 0.318 e. The summed E-state index contributed by atoms with van der Waals surface area (Å²) in [7, 11) is 1.53. The highest BCUT2D eigenvalue weighted by Crippen LogP contribution is 2.35. The van der Waals surface area contributed by atoms with Gasteiger partial charge in [-0.2, -0.15) is 0 Å². The van der Waals surface area contributed by atoms with Crippen molar-refractivity contribution in [1.29, 1.82) is 0 Å². The largest absolute Gasteiger partial charge is 0.495 e. The summed E-state index contributed by atoms with van der Waals surface area (Å²) < 4.78 is 7.21. The van der Waals surface area contributed by atoms with Crippen LogP contribution in [-0.2, 0) is 4.79 Å². The van der Waals surface area contributed by atoms with E-state index in [1.807, 2.05) is 6.07 Å². The summed E-state index contributed by atoms with van der Waals surface area (Å²) in [4.78, 5) is 23.2. The first-order valence-electron chi connectivity index (χ1n) is 8.62. The van der Waals surface area contributed by atoms with Gasteiger partial charge in [0, 0.05) is 15.6 Å². The number of thioether (sulfide) groups is 1. The molecule has 1 aromatic heterocycles. The lowest BCUT2D eigenvalue weighted by Crippen LogP contribution is -2.39. The predicted molar refractivity (Wildman–Crippen MR) is 116 cm³/mol. The molecule has 0 fully saturated rings. The molecule has 11 heteroatoms. The number of halogens is 2. The van der Waals surface area contributed by atoms with Crippen LogP contribution in [0.25, 0.3) is 17.1 Å². The van der Waals surface area contributed by atoms with Crippen LogP contribution in [0.1, 0.15) is 6.92 Å². The molecule has 3 aromatic rings. The predicted octanol–water partition coefficient (Wildman–Crippen LogP) is 3.93. The molecule has 0 saturated carbocycles. The van der Waals surface area contributed by atoms with E-state index < -0.39 is 17.2 Å².